The predicted molar refractivity (Wildman–Crippen MR) is 99.0 cm³/mol. The van der Waals surface area contributed by atoms with Crippen molar-refractivity contribution in [3.63, 3.8) is 0 Å². The highest BCUT2D eigenvalue weighted by molar-refractivity contribution is 5.93. The summed E-state index contributed by atoms with van der Waals surface area (Å²) >= 11 is 0. The molecule has 0 spiro atoms. The van der Waals surface area contributed by atoms with Crippen LogP contribution in [0.2, 0.25) is 0 Å². The molecular formula is C19H24N4O3. The van der Waals surface area contributed by atoms with Gasteiger partial charge in [-0.1, -0.05) is 0 Å². The number of hydrogen-bond acceptors (Lipinski definition) is 6. The molecule has 0 saturated carbocycles. The molecule has 1 aromatic carbocycles. The second-order valence-electron chi connectivity index (χ2n) is 6.11. The summed E-state index contributed by atoms with van der Waals surface area (Å²) in [5, 5.41) is 6.08. The number of nitrogens with zero attached hydrogens (tertiary/aromatic N) is 2. The van der Waals surface area contributed by atoms with Crippen molar-refractivity contribution in [3.05, 3.63) is 41.9 Å². The average molecular weight is 356 g/mol. The van der Waals surface area contributed by atoms with Crippen molar-refractivity contribution in [2.45, 2.75) is 32.8 Å². The molecule has 7 heteroatoms. The summed E-state index contributed by atoms with van der Waals surface area (Å²) in [5.74, 6) is 1.69. The fraction of sp³-hybridized carbons (Fsp3) is 0.421. The number of hydrogen-bond donors (Lipinski definition) is 2. The van der Waals surface area contributed by atoms with Crippen LogP contribution in [0.25, 0.3) is 0 Å². The van der Waals surface area contributed by atoms with Gasteiger partial charge < -0.3 is 20.1 Å². The Labute approximate surface area is 153 Å². The first-order chi connectivity index (χ1) is 12.6. The first kappa shape index (κ1) is 18.1. The molecule has 0 bridgehead atoms. The Morgan fingerprint density at radius 3 is 2.81 bits per heavy atom. The highest BCUT2D eigenvalue weighted by atomic mass is 16.5. The maximum Gasteiger partial charge on any atom is 0.270 e. The third-order valence-corrected chi connectivity index (χ3v) is 4.02. The molecule has 1 unspecified atom stereocenters. The molecule has 3 rings (SSSR count). The molecule has 1 aliphatic rings. The minimum absolute atomic E-state index is 0.100. The largest absolute Gasteiger partial charge is 0.494 e. The molecule has 7 nitrogen and oxygen atoms in total. The van der Waals surface area contributed by atoms with Crippen molar-refractivity contribution in [3.8, 4) is 5.75 Å². The topological polar surface area (TPSA) is 85.4 Å². The van der Waals surface area contributed by atoms with Gasteiger partial charge in [-0.3, -0.25) is 4.79 Å². The normalized spacial score (nSPS) is 16.3. The van der Waals surface area contributed by atoms with Crippen LogP contribution in [0.5, 0.6) is 5.75 Å². The van der Waals surface area contributed by atoms with Crippen LogP contribution in [0.1, 0.15) is 36.1 Å². The highest BCUT2D eigenvalue weighted by Crippen LogP contribution is 2.19. The first-order valence-corrected chi connectivity index (χ1v) is 8.89. The van der Waals surface area contributed by atoms with Crippen LogP contribution in [-0.4, -0.2) is 41.7 Å². The van der Waals surface area contributed by atoms with Crippen molar-refractivity contribution in [2.75, 3.05) is 25.1 Å². The zero-order valence-corrected chi connectivity index (χ0v) is 15.1. The van der Waals surface area contributed by atoms with Gasteiger partial charge in [0.2, 0.25) is 0 Å². The van der Waals surface area contributed by atoms with Gasteiger partial charge in [-0.15, -0.1) is 0 Å². The SMILES string of the molecule is CCOc1ccc(Nc2cc(C(=O)NCC3CCCO3)nc(C)n2)cc1. The van der Waals surface area contributed by atoms with Crippen molar-refractivity contribution in [1.29, 1.82) is 0 Å². The number of rotatable bonds is 7. The predicted octanol–water partition coefficient (Wildman–Crippen LogP) is 2.84. The van der Waals surface area contributed by atoms with Crippen LogP contribution < -0.4 is 15.4 Å². The lowest BCUT2D eigenvalue weighted by atomic mass is 10.2. The molecule has 2 aromatic rings. The number of aromatic nitrogens is 2. The second kappa shape index (κ2) is 8.62. The molecule has 1 amide bonds. The van der Waals surface area contributed by atoms with Crippen LogP contribution in [0.15, 0.2) is 30.3 Å². The Morgan fingerprint density at radius 2 is 2.12 bits per heavy atom. The Kier molecular flexibility index (Phi) is 6.01. The first-order valence-electron chi connectivity index (χ1n) is 8.89. The maximum absolute atomic E-state index is 12.4. The molecule has 1 fully saturated rings. The van der Waals surface area contributed by atoms with Gasteiger partial charge in [0.15, 0.2) is 0 Å². The van der Waals surface area contributed by atoms with Gasteiger partial charge in [0.05, 0.1) is 12.7 Å². The highest BCUT2D eigenvalue weighted by Gasteiger charge is 2.17. The summed E-state index contributed by atoms with van der Waals surface area (Å²) in [6, 6.07) is 9.22. The Morgan fingerprint density at radius 1 is 1.31 bits per heavy atom. The molecule has 0 aliphatic carbocycles. The summed E-state index contributed by atoms with van der Waals surface area (Å²) in [6.07, 6.45) is 2.13. The van der Waals surface area contributed by atoms with Gasteiger partial charge in [-0.25, -0.2) is 9.97 Å². The fourth-order valence-electron chi connectivity index (χ4n) is 2.80. The molecule has 26 heavy (non-hydrogen) atoms. The lowest BCUT2D eigenvalue weighted by Crippen LogP contribution is -2.32. The number of nitrogens with one attached hydrogen (secondary N) is 2. The molecule has 1 aliphatic heterocycles. The Bertz CT molecular complexity index is 743. The van der Waals surface area contributed by atoms with E-state index in [1.165, 1.54) is 0 Å². The van der Waals surface area contributed by atoms with Crippen molar-refractivity contribution in [1.82, 2.24) is 15.3 Å². The lowest BCUT2D eigenvalue weighted by molar-refractivity contribution is 0.0853. The number of aryl methyl sites for hydroxylation is 1. The van der Waals surface area contributed by atoms with E-state index in [1.807, 2.05) is 31.2 Å². The summed E-state index contributed by atoms with van der Waals surface area (Å²) in [6.45, 7) is 5.61. The molecule has 0 radical (unpaired) electrons. The molecule has 1 atom stereocenters. The Hall–Kier alpha value is -2.67. The number of ether oxygens (including phenoxy) is 2. The van der Waals surface area contributed by atoms with E-state index in [4.69, 9.17) is 9.47 Å². The van der Waals surface area contributed by atoms with Crippen molar-refractivity contribution in [2.24, 2.45) is 0 Å². The minimum atomic E-state index is -0.222. The van der Waals surface area contributed by atoms with Gasteiger partial charge in [-0.05, 0) is 51.0 Å². The summed E-state index contributed by atoms with van der Waals surface area (Å²) in [4.78, 5) is 21.0. The summed E-state index contributed by atoms with van der Waals surface area (Å²) in [7, 11) is 0. The van der Waals surface area contributed by atoms with E-state index in [1.54, 1.807) is 13.0 Å². The van der Waals surface area contributed by atoms with E-state index >= 15 is 0 Å². The number of benzene rings is 1. The van der Waals surface area contributed by atoms with E-state index < -0.39 is 0 Å². The molecule has 2 N–H and O–H groups in total. The van der Waals surface area contributed by atoms with E-state index in [2.05, 4.69) is 20.6 Å². The molecule has 1 aromatic heterocycles. The van der Waals surface area contributed by atoms with Gasteiger partial charge in [0.1, 0.15) is 23.1 Å². The third-order valence-electron chi connectivity index (χ3n) is 4.02. The summed E-state index contributed by atoms with van der Waals surface area (Å²) in [5.41, 5.74) is 1.20. The van der Waals surface area contributed by atoms with E-state index in [0.717, 1.165) is 30.9 Å². The number of anilines is 2. The summed E-state index contributed by atoms with van der Waals surface area (Å²) < 4.78 is 11.0. The third kappa shape index (κ3) is 4.92. The second-order valence-corrected chi connectivity index (χ2v) is 6.11. The van der Waals surface area contributed by atoms with Crippen LogP contribution in [0.4, 0.5) is 11.5 Å². The molecule has 2 heterocycles. The standard InChI is InChI=1S/C19H24N4O3/c1-3-25-15-8-6-14(7-9-15)23-18-11-17(21-13(2)22-18)19(24)20-12-16-5-4-10-26-16/h6-9,11,16H,3-5,10,12H2,1-2H3,(H,20,24)(H,21,22,23). The monoisotopic (exact) mass is 356 g/mol. The van der Waals surface area contributed by atoms with Crippen LogP contribution in [0.3, 0.4) is 0 Å². The van der Waals surface area contributed by atoms with Gasteiger partial charge >= 0.3 is 0 Å². The minimum Gasteiger partial charge on any atom is -0.494 e. The fourth-order valence-corrected chi connectivity index (χ4v) is 2.80. The van der Waals surface area contributed by atoms with Crippen molar-refractivity contribution < 1.29 is 14.3 Å². The smallest absolute Gasteiger partial charge is 0.270 e. The number of carbonyl (C=O) groups excluding carboxylic acids is 1. The van der Waals surface area contributed by atoms with Gasteiger partial charge in [0.25, 0.3) is 5.91 Å². The van der Waals surface area contributed by atoms with Crippen LogP contribution in [0, 0.1) is 6.92 Å². The zero-order valence-electron chi connectivity index (χ0n) is 15.1. The van der Waals surface area contributed by atoms with E-state index in [0.29, 0.717) is 30.5 Å². The molecule has 1 saturated heterocycles. The molecular weight excluding hydrogens is 332 g/mol. The van der Waals surface area contributed by atoms with Crippen molar-refractivity contribution >= 4 is 17.4 Å². The van der Waals surface area contributed by atoms with Crippen LogP contribution >= 0.6 is 0 Å². The zero-order chi connectivity index (χ0) is 18.4. The van der Waals surface area contributed by atoms with Gasteiger partial charge in [-0.2, -0.15) is 0 Å². The lowest BCUT2D eigenvalue weighted by Gasteiger charge is -2.12. The van der Waals surface area contributed by atoms with E-state index in [-0.39, 0.29) is 12.0 Å². The Balaban J connectivity index is 1.65. The number of carbonyl (C=O) groups is 1. The molecule has 138 valence electrons. The quantitative estimate of drug-likeness (QED) is 0.793. The maximum atomic E-state index is 12.4. The van der Waals surface area contributed by atoms with Crippen LogP contribution in [-0.2, 0) is 4.74 Å². The average Bonchev–Trinajstić information content (AvgIpc) is 3.15. The number of amides is 1. The van der Waals surface area contributed by atoms with E-state index in [9.17, 15) is 4.79 Å². The van der Waals surface area contributed by atoms with Gasteiger partial charge in [0, 0.05) is 24.9 Å².